The predicted molar refractivity (Wildman–Crippen MR) is 128 cm³/mol. The molecule has 0 aliphatic carbocycles. The molecule has 0 spiro atoms. The van der Waals surface area contributed by atoms with Crippen LogP contribution in [0.3, 0.4) is 0 Å². The number of halogens is 1. The fourth-order valence-corrected chi connectivity index (χ4v) is 5.14. The minimum Gasteiger partial charge on any atom is -0.464 e. The van der Waals surface area contributed by atoms with Crippen LogP contribution in [0.2, 0.25) is 0 Å². The van der Waals surface area contributed by atoms with Gasteiger partial charge in [-0.15, -0.1) is 0 Å². The lowest BCUT2D eigenvalue weighted by Crippen LogP contribution is -2.32. The van der Waals surface area contributed by atoms with Crippen LogP contribution in [0.25, 0.3) is 11.0 Å². The van der Waals surface area contributed by atoms with E-state index in [1.165, 1.54) is 32.0 Å². The fraction of sp³-hybridized carbons (Fsp3) is 0.407. The molecule has 33 heavy (non-hydrogen) atoms. The van der Waals surface area contributed by atoms with E-state index in [-0.39, 0.29) is 5.82 Å². The van der Waals surface area contributed by atoms with Crippen LogP contribution >= 0.6 is 0 Å². The van der Waals surface area contributed by atoms with E-state index in [1.54, 1.807) is 12.3 Å². The maximum absolute atomic E-state index is 15.0. The Morgan fingerprint density at radius 1 is 1.06 bits per heavy atom. The van der Waals surface area contributed by atoms with E-state index in [4.69, 9.17) is 9.41 Å². The van der Waals surface area contributed by atoms with Crippen molar-refractivity contribution >= 4 is 16.8 Å². The van der Waals surface area contributed by atoms with Crippen LogP contribution in [-0.4, -0.2) is 54.9 Å². The van der Waals surface area contributed by atoms with Crippen molar-refractivity contribution in [3.63, 3.8) is 0 Å². The van der Waals surface area contributed by atoms with E-state index >= 15 is 4.39 Å². The highest BCUT2D eigenvalue weighted by Gasteiger charge is 2.23. The molecule has 1 saturated heterocycles. The Kier molecular flexibility index (Phi) is 6.41. The number of amidine groups is 1. The number of rotatable bonds is 8. The standard InChI is InChI=1S/C27H29FN4O/c28-25-6-3-5-24(27-30-10-15-32(27)14-4-13-31-11-1-2-12-31)23(25)8-7-21-17-20(19-29)18-22-9-16-33-26(21)22/h3,5-6,9,16-18H,1-2,4,7-8,10-15H2. The van der Waals surface area contributed by atoms with Gasteiger partial charge in [0.1, 0.15) is 17.2 Å². The summed E-state index contributed by atoms with van der Waals surface area (Å²) in [7, 11) is 0. The largest absolute Gasteiger partial charge is 0.464 e. The lowest BCUT2D eigenvalue weighted by molar-refractivity contribution is 0.313. The lowest BCUT2D eigenvalue weighted by atomic mass is 9.96. The van der Waals surface area contributed by atoms with Crippen LogP contribution in [-0.2, 0) is 12.8 Å². The van der Waals surface area contributed by atoms with Gasteiger partial charge >= 0.3 is 0 Å². The number of likely N-dealkylation sites (tertiary alicyclic amines) is 1. The van der Waals surface area contributed by atoms with E-state index in [0.29, 0.717) is 24.0 Å². The predicted octanol–water partition coefficient (Wildman–Crippen LogP) is 4.78. The number of benzene rings is 2. The molecule has 3 aromatic rings. The summed E-state index contributed by atoms with van der Waals surface area (Å²) in [5, 5.41) is 10.3. The highest BCUT2D eigenvalue weighted by Crippen LogP contribution is 2.26. The van der Waals surface area contributed by atoms with E-state index in [1.807, 2.05) is 24.3 Å². The molecule has 0 bridgehead atoms. The number of aliphatic imine (C=N–C) groups is 1. The topological polar surface area (TPSA) is 55.8 Å². The van der Waals surface area contributed by atoms with Gasteiger partial charge < -0.3 is 14.2 Å². The Labute approximate surface area is 194 Å². The summed E-state index contributed by atoms with van der Waals surface area (Å²) in [4.78, 5) is 9.61. The highest BCUT2D eigenvalue weighted by molar-refractivity contribution is 6.01. The van der Waals surface area contributed by atoms with Crippen molar-refractivity contribution in [1.82, 2.24) is 9.80 Å². The van der Waals surface area contributed by atoms with E-state index in [9.17, 15) is 5.26 Å². The first-order valence-corrected chi connectivity index (χ1v) is 11.9. The number of aryl methyl sites for hydroxylation is 1. The van der Waals surface area contributed by atoms with Crippen LogP contribution in [0.5, 0.6) is 0 Å². The van der Waals surface area contributed by atoms with Gasteiger partial charge in [0, 0.05) is 24.0 Å². The number of fused-ring (bicyclic) bond motifs is 1. The lowest BCUT2D eigenvalue weighted by Gasteiger charge is -2.24. The summed E-state index contributed by atoms with van der Waals surface area (Å²) >= 11 is 0. The molecule has 0 atom stereocenters. The van der Waals surface area contributed by atoms with Crippen LogP contribution in [0, 0.1) is 17.1 Å². The number of hydrogen-bond donors (Lipinski definition) is 0. The highest BCUT2D eigenvalue weighted by atomic mass is 19.1. The van der Waals surface area contributed by atoms with Gasteiger partial charge in [-0.1, -0.05) is 12.1 Å². The summed E-state index contributed by atoms with van der Waals surface area (Å²) in [6.07, 6.45) is 6.47. The Bertz CT molecular complexity index is 1200. The van der Waals surface area contributed by atoms with Crippen molar-refractivity contribution < 1.29 is 8.81 Å². The first-order valence-electron chi connectivity index (χ1n) is 11.9. The van der Waals surface area contributed by atoms with Gasteiger partial charge in [0.15, 0.2) is 0 Å². The molecular weight excluding hydrogens is 415 g/mol. The van der Waals surface area contributed by atoms with Crippen molar-refractivity contribution in [3.05, 3.63) is 70.7 Å². The van der Waals surface area contributed by atoms with Gasteiger partial charge in [0.25, 0.3) is 0 Å². The maximum atomic E-state index is 15.0. The van der Waals surface area contributed by atoms with E-state index < -0.39 is 0 Å². The Hall–Kier alpha value is -3.17. The summed E-state index contributed by atoms with van der Waals surface area (Å²) in [5.41, 5.74) is 3.87. The Morgan fingerprint density at radius 2 is 1.94 bits per heavy atom. The molecule has 1 aromatic heterocycles. The monoisotopic (exact) mass is 444 g/mol. The van der Waals surface area contributed by atoms with Gasteiger partial charge in [-0.25, -0.2) is 4.39 Å². The zero-order chi connectivity index (χ0) is 22.6. The Balaban J connectivity index is 1.34. The third kappa shape index (κ3) is 4.65. The minimum absolute atomic E-state index is 0.203. The second-order valence-corrected chi connectivity index (χ2v) is 8.95. The number of nitriles is 1. The van der Waals surface area contributed by atoms with Crippen molar-refractivity contribution in [2.75, 3.05) is 39.3 Å². The zero-order valence-corrected chi connectivity index (χ0v) is 18.9. The van der Waals surface area contributed by atoms with E-state index in [2.05, 4.69) is 15.9 Å². The molecule has 170 valence electrons. The smallest absolute Gasteiger partial charge is 0.137 e. The maximum Gasteiger partial charge on any atom is 0.137 e. The van der Waals surface area contributed by atoms with Gasteiger partial charge in [-0.3, -0.25) is 4.99 Å². The molecule has 5 rings (SSSR count). The molecule has 5 nitrogen and oxygen atoms in total. The molecule has 0 unspecified atom stereocenters. The third-order valence-electron chi connectivity index (χ3n) is 6.79. The molecule has 0 N–H and O–H groups in total. The molecule has 0 amide bonds. The van der Waals surface area contributed by atoms with Crippen LogP contribution in [0.15, 0.2) is 52.1 Å². The normalized spacial score (nSPS) is 16.5. The van der Waals surface area contributed by atoms with Crippen molar-refractivity contribution in [1.29, 1.82) is 5.26 Å². The molecule has 0 saturated carbocycles. The van der Waals surface area contributed by atoms with Crippen molar-refractivity contribution in [2.24, 2.45) is 4.99 Å². The average molecular weight is 445 g/mol. The summed E-state index contributed by atoms with van der Waals surface area (Å²) in [6, 6.07) is 13.0. The molecule has 2 aromatic carbocycles. The summed E-state index contributed by atoms with van der Waals surface area (Å²) in [6.45, 7) is 6.14. The quantitative estimate of drug-likeness (QED) is 0.502. The molecular formula is C27H29FN4O. The molecule has 2 aliphatic heterocycles. The zero-order valence-electron chi connectivity index (χ0n) is 18.9. The molecule has 1 fully saturated rings. The number of nitrogens with zero attached hydrogens (tertiary/aromatic N) is 4. The number of furan rings is 1. The van der Waals surface area contributed by atoms with Crippen molar-refractivity contribution in [2.45, 2.75) is 32.1 Å². The summed E-state index contributed by atoms with van der Waals surface area (Å²) in [5.74, 6) is 0.714. The first-order chi connectivity index (χ1) is 16.2. The van der Waals surface area contributed by atoms with Gasteiger partial charge in [-0.2, -0.15) is 5.26 Å². The number of hydrogen-bond acceptors (Lipinski definition) is 5. The van der Waals surface area contributed by atoms with Crippen molar-refractivity contribution in [3.8, 4) is 6.07 Å². The molecule has 6 heteroatoms. The Morgan fingerprint density at radius 3 is 2.79 bits per heavy atom. The average Bonchev–Trinajstić information content (AvgIpc) is 3.59. The SMILES string of the molecule is N#Cc1cc(CCc2c(F)cccc2C2=NCCN2CCCN2CCCC2)c2occc2c1. The second kappa shape index (κ2) is 9.76. The van der Waals surface area contributed by atoms with Crippen LogP contribution in [0.4, 0.5) is 4.39 Å². The molecule has 2 aliphatic rings. The van der Waals surface area contributed by atoms with Gasteiger partial charge in [-0.05, 0) is 87.1 Å². The minimum atomic E-state index is -0.203. The van der Waals surface area contributed by atoms with E-state index in [0.717, 1.165) is 60.5 Å². The van der Waals surface area contributed by atoms with Crippen LogP contribution < -0.4 is 0 Å². The van der Waals surface area contributed by atoms with Gasteiger partial charge in [0.05, 0.1) is 24.4 Å². The molecule has 3 heterocycles. The van der Waals surface area contributed by atoms with Crippen LogP contribution in [0.1, 0.15) is 41.5 Å². The fourth-order valence-electron chi connectivity index (χ4n) is 5.14. The molecule has 0 radical (unpaired) electrons. The third-order valence-corrected chi connectivity index (χ3v) is 6.79. The first kappa shape index (κ1) is 21.7. The summed E-state index contributed by atoms with van der Waals surface area (Å²) < 4.78 is 20.7. The van der Waals surface area contributed by atoms with Gasteiger partial charge in [0.2, 0.25) is 0 Å². The second-order valence-electron chi connectivity index (χ2n) is 8.95.